The summed E-state index contributed by atoms with van der Waals surface area (Å²) >= 11 is 3.14. The Morgan fingerprint density at radius 2 is 2.40 bits per heavy atom. The van der Waals surface area contributed by atoms with Crippen molar-refractivity contribution < 1.29 is 4.21 Å². The molecule has 0 amide bonds. The topological polar surface area (TPSA) is 42.9 Å². The molecule has 1 rings (SSSR count). The molecule has 0 N–H and O–H groups in total. The number of nitrogens with zero attached hydrogens (tertiary/aromatic N) is 2. The lowest BCUT2D eigenvalue weighted by molar-refractivity contribution is 0.679. The highest BCUT2D eigenvalue weighted by molar-refractivity contribution is 9.10. The lowest BCUT2D eigenvalue weighted by Crippen LogP contribution is -1.95. The molecule has 0 aliphatic carbocycles. The van der Waals surface area contributed by atoms with Gasteiger partial charge in [0.2, 0.25) is 5.16 Å². The maximum absolute atomic E-state index is 10.8. The van der Waals surface area contributed by atoms with Crippen LogP contribution in [0.25, 0.3) is 0 Å². The first kappa shape index (κ1) is 7.81. The van der Waals surface area contributed by atoms with Gasteiger partial charge in [0.05, 0.1) is 10.8 Å². The van der Waals surface area contributed by atoms with E-state index in [1.807, 2.05) is 0 Å². The maximum Gasteiger partial charge on any atom is 0.219 e. The minimum Gasteiger partial charge on any atom is -0.251 e. The number of aromatic nitrogens is 2. The molecule has 1 atom stereocenters. The highest BCUT2D eigenvalue weighted by Crippen LogP contribution is 2.04. The Kier molecular flexibility index (Phi) is 2.50. The van der Waals surface area contributed by atoms with Gasteiger partial charge in [0.1, 0.15) is 4.60 Å². The van der Waals surface area contributed by atoms with Crippen LogP contribution < -0.4 is 0 Å². The summed E-state index contributed by atoms with van der Waals surface area (Å²) in [5.41, 5.74) is 0. The molecule has 0 spiro atoms. The Labute approximate surface area is 69.5 Å². The predicted molar refractivity (Wildman–Crippen MR) is 42.1 cm³/mol. The third-order valence-corrected chi connectivity index (χ3v) is 2.01. The zero-order valence-corrected chi connectivity index (χ0v) is 7.65. The summed E-state index contributed by atoms with van der Waals surface area (Å²) < 4.78 is 11.4. The van der Waals surface area contributed by atoms with E-state index in [4.69, 9.17) is 0 Å². The molecule has 0 aliphatic heterocycles. The Balaban J connectivity index is 3.07. The van der Waals surface area contributed by atoms with Gasteiger partial charge in [-0.05, 0) is 22.0 Å². The van der Waals surface area contributed by atoms with Crippen LogP contribution in [0.1, 0.15) is 0 Å². The zero-order chi connectivity index (χ0) is 7.56. The van der Waals surface area contributed by atoms with Crippen LogP contribution in [0.2, 0.25) is 0 Å². The Morgan fingerprint density at radius 3 is 2.80 bits per heavy atom. The van der Waals surface area contributed by atoms with E-state index in [-0.39, 0.29) is 0 Å². The summed E-state index contributed by atoms with van der Waals surface area (Å²) in [6.07, 6.45) is 3.11. The summed E-state index contributed by atoms with van der Waals surface area (Å²) in [7, 11) is -1.09. The van der Waals surface area contributed by atoms with Crippen molar-refractivity contribution in [3.05, 3.63) is 16.9 Å². The van der Waals surface area contributed by atoms with Crippen LogP contribution in [0.15, 0.2) is 22.0 Å². The second kappa shape index (κ2) is 3.21. The molecule has 1 aromatic heterocycles. The lowest BCUT2D eigenvalue weighted by Gasteiger charge is -1.92. The van der Waals surface area contributed by atoms with Crippen LogP contribution in [0.3, 0.4) is 0 Å². The SMILES string of the molecule is C[S@](=O)c1nccc(Br)n1. The summed E-state index contributed by atoms with van der Waals surface area (Å²) in [5.74, 6) is 0. The summed E-state index contributed by atoms with van der Waals surface area (Å²) in [5, 5.41) is 0.356. The second-order valence-electron chi connectivity index (χ2n) is 1.62. The van der Waals surface area contributed by atoms with Crippen LogP contribution in [-0.2, 0) is 10.8 Å². The molecule has 1 heterocycles. The Hall–Kier alpha value is -0.290. The first-order valence-electron chi connectivity index (χ1n) is 2.52. The summed E-state index contributed by atoms with van der Waals surface area (Å²) in [6, 6.07) is 1.69. The van der Waals surface area contributed by atoms with Crippen molar-refractivity contribution in [3.8, 4) is 0 Å². The number of hydrogen-bond donors (Lipinski definition) is 0. The van der Waals surface area contributed by atoms with Gasteiger partial charge in [-0.15, -0.1) is 0 Å². The molecule has 10 heavy (non-hydrogen) atoms. The molecule has 0 saturated carbocycles. The summed E-state index contributed by atoms with van der Waals surface area (Å²) in [6.45, 7) is 0. The molecule has 0 aromatic carbocycles. The molecule has 0 radical (unpaired) electrons. The highest BCUT2D eigenvalue weighted by atomic mass is 79.9. The Morgan fingerprint density at radius 1 is 1.70 bits per heavy atom. The lowest BCUT2D eigenvalue weighted by atomic mass is 10.7. The van der Waals surface area contributed by atoms with Gasteiger partial charge < -0.3 is 0 Å². The van der Waals surface area contributed by atoms with Gasteiger partial charge in [-0.25, -0.2) is 9.97 Å². The van der Waals surface area contributed by atoms with E-state index >= 15 is 0 Å². The quantitative estimate of drug-likeness (QED) is 0.524. The van der Waals surface area contributed by atoms with Gasteiger partial charge in [0.15, 0.2) is 0 Å². The molecule has 0 fully saturated rings. The van der Waals surface area contributed by atoms with Crippen molar-refractivity contribution in [2.75, 3.05) is 6.26 Å². The van der Waals surface area contributed by atoms with Gasteiger partial charge in [0.25, 0.3) is 0 Å². The highest BCUT2D eigenvalue weighted by Gasteiger charge is 1.99. The van der Waals surface area contributed by atoms with Gasteiger partial charge in [-0.3, -0.25) is 4.21 Å². The van der Waals surface area contributed by atoms with E-state index in [9.17, 15) is 4.21 Å². The van der Waals surface area contributed by atoms with E-state index in [2.05, 4.69) is 25.9 Å². The Bertz CT molecular complexity index is 266. The third-order valence-electron chi connectivity index (χ3n) is 0.857. The number of halogens is 1. The molecule has 5 heteroatoms. The van der Waals surface area contributed by atoms with Gasteiger partial charge in [-0.1, -0.05) is 0 Å². The molecule has 0 saturated heterocycles. The first-order valence-corrected chi connectivity index (χ1v) is 4.87. The molecular formula is C5H5BrN2OS. The van der Waals surface area contributed by atoms with Crippen LogP contribution in [0, 0.1) is 0 Å². The van der Waals surface area contributed by atoms with E-state index < -0.39 is 10.8 Å². The number of rotatable bonds is 1. The fraction of sp³-hybridized carbons (Fsp3) is 0.200. The van der Waals surface area contributed by atoms with Crippen LogP contribution >= 0.6 is 15.9 Å². The molecule has 0 aliphatic rings. The zero-order valence-electron chi connectivity index (χ0n) is 5.24. The van der Waals surface area contributed by atoms with E-state index in [0.29, 0.717) is 9.76 Å². The molecule has 1 aromatic rings. The molecule has 0 unspecified atom stereocenters. The van der Waals surface area contributed by atoms with Crippen LogP contribution in [0.4, 0.5) is 0 Å². The van der Waals surface area contributed by atoms with Crippen molar-refractivity contribution >= 4 is 26.7 Å². The minimum atomic E-state index is -1.09. The third kappa shape index (κ3) is 1.85. The standard InChI is InChI=1S/C5H5BrN2OS/c1-10(9)5-7-3-2-4(6)8-5/h2-3H,1H3/t10-/m0/s1. The largest absolute Gasteiger partial charge is 0.251 e. The smallest absolute Gasteiger partial charge is 0.219 e. The molecular weight excluding hydrogens is 216 g/mol. The molecule has 0 bridgehead atoms. The fourth-order valence-electron chi connectivity index (χ4n) is 0.459. The van der Waals surface area contributed by atoms with Gasteiger partial charge >= 0.3 is 0 Å². The molecule has 3 nitrogen and oxygen atoms in total. The minimum absolute atomic E-state index is 0.356. The van der Waals surface area contributed by atoms with Crippen molar-refractivity contribution in [2.24, 2.45) is 0 Å². The first-order chi connectivity index (χ1) is 4.70. The molecule has 54 valence electrons. The fourth-order valence-corrected chi connectivity index (χ4v) is 1.30. The predicted octanol–water partition coefficient (Wildman–Crippen LogP) is 0.977. The van der Waals surface area contributed by atoms with Crippen molar-refractivity contribution in [2.45, 2.75) is 5.16 Å². The van der Waals surface area contributed by atoms with Crippen LogP contribution in [0.5, 0.6) is 0 Å². The average molecular weight is 221 g/mol. The monoisotopic (exact) mass is 220 g/mol. The van der Waals surface area contributed by atoms with Gasteiger partial charge in [-0.2, -0.15) is 0 Å². The van der Waals surface area contributed by atoms with Crippen LogP contribution in [-0.4, -0.2) is 20.4 Å². The summed E-state index contributed by atoms with van der Waals surface area (Å²) in [4.78, 5) is 7.68. The van der Waals surface area contributed by atoms with E-state index in [1.54, 1.807) is 18.5 Å². The second-order valence-corrected chi connectivity index (χ2v) is 3.70. The van der Waals surface area contributed by atoms with E-state index in [1.165, 1.54) is 0 Å². The van der Waals surface area contributed by atoms with Crippen molar-refractivity contribution in [3.63, 3.8) is 0 Å². The van der Waals surface area contributed by atoms with Gasteiger partial charge in [0, 0.05) is 12.5 Å². The normalized spacial score (nSPS) is 13.0. The average Bonchev–Trinajstić information content (AvgIpc) is 1.88. The van der Waals surface area contributed by atoms with Crippen molar-refractivity contribution in [1.82, 2.24) is 9.97 Å². The van der Waals surface area contributed by atoms with E-state index in [0.717, 1.165) is 0 Å². The van der Waals surface area contributed by atoms with Crippen molar-refractivity contribution in [1.29, 1.82) is 0 Å². The number of hydrogen-bond acceptors (Lipinski definition) is 3. The maximum atomic E-state index is 10.8.